The third-order valence-corrected chi connectivity index (χ3v) is 5.26. The Bertz CT molecular complexity index is 854. The number of aromatic nitrogens is 1. The lowest BCUT2D eigenvalue weighted by atomic mass is 9.79. The van der Waals surface area contributed by atoms with Crippen LogP contribution in [0.4, 0.5) is 5.69 Å². The molecular formula is C22H25BrN2O. The van der Waals surface area contributed by atoms with Gasteiger partial charge in [0.25, 0.3) is 0 Å². The molecule has 0 bridgehead atoms. The van der Waals surface area contributed by atoms with Gasteiger partial charge in [-0.3, -0.25) is 0 Å². The second-order valence-corrected chi connectivity index (χ2v) is 8.39. The van der Waals surface area contributed by atoms with Crippen molar-refractivity contribution in [2.24, 2.45) is 0 Å². The van der Waals surface area contributed by atoms with Gasteiger partial charge in [-0.15, -0.1) is 0 Å². The zero-order chi connectivity index (χ0) is 18.7. The van der Waals surface area contributed by atoms with Crippen LogP contribution in [-0.4, -0.2) is 11.2 Å². The first-order valence-corrected chi connectivity index (χ1v) is 9.70. The van der Waals surface area contributed by atoms with E-state index in [0.29, 0.717) is 0 Å². The molecule has 136 valence electrons. The van der Waals surface area contributed by atoms with Gasteiger partial charge in [0, 0.05) is 16.1 Å². The fraction of sp³-hybridized carbons (Fsp3) is 0.318. The Kier molecular flexibility index (Phi) is 5.52. The molecule has 0 saturated heterocycles. The number of anilines is 1. The highest BCUT2D eigenvalue weighted by Gasteiger charge is 2.25. The number of rotatable bonds is 6. The lowest BCUT2D eigenvalue weighted by molar-refractivity contribution is 0.427. The molecule has 1 atom stereocenters. The molecule has 0 radical (unpaired) electrons. The number of nitrogens with one attached hydrogen (secondary N) is 1. The molecule has 0 amide bonds. The summed E-state index contributed by atoms with van der Waals surface area (Å²) in [5.74, 6) is 0.791. The quantitative estimate of drug-likeness (QED) is 0.496. The molecule has 1 heterocycles. The van der Waals surface area contributed by atoms with Gasteiger partial charge < -0.3 is 9.84 Å². The van der Waals surface area contributed by atoms with E-state index < -0.39 is 0 Å². The summed E-state index contributed by atoms with van der Waals surface area (Å²) in [4.78, 5) is 0. The van der Waals surface area contributed by atoms with Crippen molar-refractivity contribution in [1.82, 2.24) is 5.16 Å². The summed E-state index contributed by atoms with van der Waals surface area (Å²) >= 11 is 3.48. The number of benzene rings is 2. The molecule has 3 aromatic rings. The van der Waals surface area contributed by atoms with Gasteiger partial charge in [-0.1, -0.05) is 65.3 Å². The van der Waals surface area contributed by atoms with Gasteiger partial charge in [0.05, 0.1) is 0 Å². The molecule has 0 spiro atoms. The van der Waals surface area contributed by atoms with Crippen LogP contribution in [0.2, 0.25) is 0 Å². The van der Waals surface area contributed by atoms with Gasteiger partial charge in [0.2, 0.25) is 0 Å². The Balaban J connectivity index is 1.79. The van der Waals surface area contributed by atoms with E-state index in [4.69, 9.17) is 4.52 Å². The summed E-state index contributed by atoms with van der Waals surface area (Å²) in [5, 5.41) is 7.80. The highest BCUT2D eigenvalue weighted by Crippen LogP contribution is 2.34. The maximum absolute atomic E-state index is 5.61. The van der Waals surface area contributed by atoms with Crippen LogP contribution >= 0.6 is 15.9 Å². The maximum Gasteiger partial charge on any atom is 0.190 e. The summed E-state index contributed by atoms with van der Waals surface area (Å²) < 4.78 is 6.66. The number of aryl methyl sites for hydroxylation is 1. The van der Waals surface area contributed by atoms with Crippen molar-refractivity contribution in [2.45, 2.75) is 45.6 Å². The minimum absolute atomic E-state index is 0.0799. The molecule has 1 N–H and O–H groups in total. The van der Waals surface area contributed by atoms with Crippen molar-refractivity contribution in [3.63, 3.8) is 0 Å². The van der Waals surface area contributed by atoms with E-state index >= 15 is 0 Å². The number of hydrogen-bond acceptors (Lipinski definition) is 3. The monoisotopic (exact) mass is 412 g/mol. The van der Waals surface area contributed by atoms with Crippen LogP contribution in [0, 0.1) is 6.92 Å². The van der Waals surface area contributed by atoms with Gasteiger partial charge >= 0.3 is 0 Å². The molecule has 0 aliphatic heterocycles. The molecule has 0 aliphatic rings. The normalized spacial score (nSPS) is 12.8. The number of halogens is 1. The van der Waals surface area contributed by atoms with E-state index in [1.807, 2.05) is 31.2 Å². The van der Waals surface area contributed by atoms with Gasteiger partial charge in [-0.05, 0) is 55.5 Å². The van der Waals surface area contributed by atoms with E-state index in [-0.39, 0.29) is 11.5 Å². The number of hydrogen-bond donors (Lipinski definition) is 1. The van der Waals surface area contributed by atoms with Crippen LogP contribution in [0.25, 0.3) is 11.3 Å². The largest absolute Gasteiger partial charge is 0.378 e. The van der Waals surface area contributed by atoms with Gasteiger partial charge in [0.15, 0.2) is 5.76 Å². The zero-order valence-corrected chi connectivity index (χ0v) is 17.3. The lowest BCUT2D eigenvalue weighted by Gasteiger charge is -2.29. The first kappa shape index (κ1) is 18.7. The average molecular weight is 413 g/mol. The molecule has 3 nitrogen and oxygen atoms in total. The van der Waals surface area contributed by atoms with Gasteiger partial charge in [0.1, 0.15) is 11.4 Å². The van der Waals surface area contributed by atoms with E-state index in [9.17, 15) is 0 Å². The topological polar surface area (TPSA) is 38.1 Å². The van der Waals surface area contributed by atoms with E-state index in [0.717, 1.165) is 33.6 Å². The van der Waals surface area contributed by atoms with Gasteiger partial charge in [-0.2, -0.15) is 0 Å². The first-order valence-electron chi connectivity index (χ1n) is 8.91. The zero-order valence-electron chi connectivity index (χ0n) is 15.7. The Morgan fingerprint density at radius 2 is 1.73 bits per heavy atom. The third kappa shape index (κ3) is 4.18. The Labute approximate surface area is 163 Å². The lowest BCUT2D eigenvalue weighted by Crippen LogP contribution is -2.28. The van der Waals surface area contributed by atoms with E-state index in [1.54, 1.807) is 0 Å². The fourth-order valence-corrected chi connectivity index (χ4v) is 3.67. The first-order chi connectivity index (χ1) is 12.4. The van der Waals surface area contributed by atoms with Crippen molar-refractivity contribution in [2.75, 3.05) is 5.32 Å². The minimum Gasteiger partial charge on any atom is -0.378 e. The summed E-state index contributed by atoms with van der Waals surface area (Å²) in [6, 6.07) is 19.0. The van der Waals surface area contributed by atoms with Crippen molar-refractivity contribution >= 4 is 21.6 Å². The molecule has 26 heavy (non-hydrogen) atoms. The SMILES string of the molecule is Cc1noc(-c2ccc(Br)cc2)c1NC(C)CC(C)(C)c1ccccc1. The summed E-state index contributed by atoms with van der Waals surface area (Å²) in [6.07, 6.45) is 1.00. The van der Waals surface area contributed by atoms with E-state index in [1.165, 1.54) is 5.56 Å². The smallest absolute Gasteiger partial charge is 0.190 e. The van der Waals surface area contributed by atoms with Crippen LogP contribution in [-0.2, 0) is 5.41 Å². The van der Waals surface area contributed by atoms with Crippen molar-refractivity contribution in [1.29, 1.82) is 0 Å². The van der Waals surface area contributed by atoms with Crippen LogP contribution < -0.4 is 5.32 Å². The molecule has 4 heteroatoms. The minimum atomic E-state index is 0.0799. The van der Waals surface area contributed by atoms with Crippen LogP contribution in [0.3, 0.4) is 0 Å². The number of nitrogens with zero attached hydrogens (tertiary/aromatic N) is 1. The van der Waals surface area contributed by atoms with Crippen LogP contribution in [0.5, 0.6) is 0 Å². The van der Waals surface area contributed by atoms with Gasteiger partial charge in [-0.25, -0.2) is 0 Å². The van der Waals surface area contributed by atoms with Crippen LogP contribution in [0.15, 0.2) is 63.6 Å². The average Bonchev–Trinajstić information content (AvgIpc) is 2.96. The molecule has 1 unspecified atom stereocenters. The second-order valence-electron chi connectivity index (χ2n) is 7.48. The Morgan fingerprint density at radius 3 is 2.38 bits per heavy atom. The maximum atomic E-state index is 5.61. The predicted molar refractivity (Wildman–Crippen MR) is 112 cm³/mol. The molecule has 3 rings (SSSR count). The Morgan fingerprint density at radius 1 is 1.08 bits per heavy atom. The molecular weight excluding hydrogens is 388 g/mol. The molecule has 2 aromatic carbocycles. The second kappa shape index (κ2) is 7.67. The van der Waals surface area contributed by atoms with E-state index in [2.05, 4.69) is 77.5 Å². The third-order valence-electron chi connectivity index (χ3n) is 4.73. The molecule has 0 saturated carbocycles. The molecule has 0 fully saturated rings. The van der Waals surface area contributed by atoms with Crippen molar-refractivity contribution in [3.8, 4) is 11.3 Å². The standard InChI is InChI=1S/C22H25BrN2O/c1-15(14-22(3,4)18-8-6-5-7-9-18)24-20-16(2)25-26-21(20)17-10-12-19(23)13-11-17/h5-13,15,24H,14H2,1-4H3. The highest BCUT2D eigenvalue weighted by molar-refractivity contribution is 9.10. The Hall–Kier alpha value is -2.07. The van der Waals surface area contributed by atoms with Crippen molar-refractivity contribution in [3.05, 3.63) is 70.3 Å². The highest BCUT2D eigenvalue weighted by atomic mass is 79.9. The summed E-state index contributed by atoms with van der Waals surface area (Å²) in [5.41, 5.74) is 4.31. The van der Waals surface area contributed by atoms with Crippen molar-refractivity contribution < 1.29 is 4.52 Å². The molecule has 0 aliphatic carbocycles. The predicted octanol–water partition coefficient (Wildman–Crippen LogP) is 6.58. The summed E-state index contributed by atoms with van der Waals surface area (Å²) in [7, 11) is 0. The fourth-order valence-electron chi connectivity index (χ4n) is 3.41. The summed E-state index contributed by atoms with van der Waals surface area (Å²) in [6.45, 7) is 8.76. The van der Waals surface area contributed by atoms with Crippen LogP contribution in [0.1, 0.15) is 38.4 Å². The molecule has 1 aromatic heterocycles.